The Morgan fingerprint density at radius 2 is 2.16 bits per heavy atom. The highest BCUT2D eigenvalue weighted by Crippen LogP contribution is 2.35. The number of nitrogens with two attached hydrogens (primary N) is 1. The van der Waals surface area contributed by atoms with Crippen LogP contribution in [0.25, 0.3) is 0 Å². The maximum atomic E-state index is 12.5. The second-order valence-corrected chi connectivity index (χ2v) is 5.90. The van der Waals surface area contributed by atoms with Crippen molar-refractivity contribution >= 4 is 11.6 Å². The minimum atomic E-state index is -0.390. The monoisotopic (exact) mass is 262 g/mol. The van der Waals surface area contributed by atoms with Crippen LogP contribution >= 0.6 is 0 Å². The van der Waals surface area contributed by atoms with Gasteiger partial charge in [-0.15, -0.1) is 0 Å². The van der Waals surface area contributed by atoms with Gasteiger partial charge in [0.2, 0.25) is 5.91 Å². The standard InChI is InChI=1S/C15H22N2O2/c1-15(2,3)14(18)17-8-9-19-13-5-4-11(6-7-16)10-12(13)17/h4-5,10H,6-9,16H2,1-3H3. The van der Waals surface area contributed by atoms with Gasteiger partial charge in [-0.25, -0.2) is 0 Å². The number of carbonyl (C=O) groups is 1. The molecule has 0 aromatic heterocycles. The molecule has 1 heterocycles. The van der Waals surface area contributed by atoms with Crippen molar-refractivity contribution in [2.45, 2.75) is 27.2 Å². The number of hydrogen-bond acceptors (Lipinski definition) is 3. The zero-order valence-corrected chi connectivity index (χ0v) is 11.9. The normalized spacial score (nSPS) is 14.8. The molecule has 19 heavy (non-hydrogen) atoms. The van der Waals surface area contributed by atoms with Crippen molar-refractivity contribution in [2.75, 3.05) is 24.6 Å². The van der Waals surface area contributed by atoms with Crippen molar-refractivity contribution in [1.29, 1.82) is 0 Å². The van der Waals surface area contributed by atoms with Gasteiger partial charge in [0.1, 0.15) is 12.4 Å². The molecule has 0 aliphatic carbocycles. The number of fused-ring (bicyclic) bond motifs is 1. The molecule has 104 valence electrons. The highest BCUT2D eigenvalue weighted by Gasteiger charge is 2.31. The summed E-state index contributed by atoms with van der Waals surface area (Å²) in [7, 11) is 0. The van der Waals surface area contributed by atoms with E-state index in [1.807, 2.05) is 43.9 Å². The minimum Gasteiger partial charge on any atom is -0.490 e. The van der Waals surface area contributed by atoms with E-state index in [1.165, 1.54) is 0 Å². The minimum absolute atomic E-state index is 0.127. The Labute approximate surface area is 114 Å². The molecule has 1 aliphatic heterocycles. The summed E-state index contributed by atoms with van der Waals surface area (Å²) in [6, 6.07) is 5.96. The van der Waals surface area contributed by atoms with Crippen molar-refractivity contribution in [2.24, 2.45) is 11.1 Å². The summed E-state index contributed by atoms with van der Waals surface area (Å²) in [5.41, 5.74) is 7.21. The highest BCUT2D eigenvalue weighted by molar-refractivity contribution is 5.98. The van der Waals surface area contributed by atoms with Gasteiger partial charge in [0, 0.05) is 5.41 Å². The van der Waals surface area contributed by atoms with Crippen molar-refractivity contribution in [3.8, 4) is 5.75 Å². The van der Waals surface area contributed by atoms with Crippen LogP contribution in [0.5, 0.6) is 5.75 Å². The lowest BCUT2D eigenvalue weighted by Gasteiger charge is -2.34. The molecule has 4 nitrogen and oxygen atoms in total. The SMILES string of the molecule is CC(C)(C)C(=O)N1CCOc2ccc(CCN)cc21. The van der Waals surface area contributed by atoms with Crippen LogP contribution in [-0.2, 0) is 11.2 Å². The number of benzene rings is 1. The number of ether oxygens (including phenoxy) is 1. The third-order valence-corrected chi connectivity index (χ3v) is 3.21. The topological polar surface area (TPSA) is 55.6 Å². The molecule has 2 rings (SSSR count). The molecule has 1 aromatic rings. The molecule has 0 unspecified atom stereocenters. The molecule has 4 heteroatoms. The summed E-state index contributed by atoms with van der Waals surface area (Å²) < 4.78 is 5.62. The molecule has 1 aliphatic rings. The van der Waals surface area contributed by atoms with Crippen molar-refractivity contribution < 1.29 is 9.53 Å². The van der Waals surface area contributed by atoms with Crippen LogP contribution in [0.15, 0.2) is 18.2 Å². The maximum absolute atomic E-state index is 12.5. The van der Waals surface area contributed by atoms with Crippen molar-refractivity contribution in [3.63, 3.8) is 0 Å². The number of hydrogen-bond donors (Lipinski definition) is 1. The summed E-state index contributed by atoms with van der Waals surface area (Å²) in [6.45, 7) is 7.57. The lowest BCUT2D eigenvalue weighted by molar-refractivity contribution is -0.126. The van der Waals surface area contributed by atoms with E-state index in [1.54, 1.807) is 0 Å². The molecule has 0 saturated carbocycles. The average molecular weight is 262 g/mol. The second kappa shape index (κ2) is 5.21. The van der Waals surface area contributed by atoms with E-state index in [0.29, 0.717) is 19.7 Å². The molecule has 0 spiro atoms. The van der Waals surface area contributed by atoms with Crippen LogP contribution < -0.4 is 15.4 Å². The molecular weight excluding hydrogens is 240 g/mol. The molecule has 0 saturated heterocycles. The van der Waals surface area contributed by atoms with E-state index >= 15 is 0 Å². The van der Waals surface area contributed by atoms with Crippen LogP contribution in [0.2, 0.25) is 0 Å². The average Bonchev–Trinajstić information content (AvgIpc) is 2.36. The van der Waals surface area contributed by atoms with Gasteiger partial charge in [-0.1, -0.05) is 26.8 Å². The summed E-state index contributed by atoms with van der Waals surface area (Å²) >= 11 is 0. The molecular formula is C15H22N2O2. The summed E-state index contributed by atoms with van der Waals surface area (Å²) in [5.74, 6) is 0.909. The van der Waals surface area contributed by atoms with Crippen LogP contribution in [-0.4, -0.2) is 25.6 Å². The van der Waals surface area contributed by atoms with Crippen molar-refractivity contribution in [1.82, 2.24) is 0 Å². The van der Waals surface area contributed by atoms with E-state index in [-0.39, 0.29) is 5.91 Å². The molecule has 0 atom stereocenters. The highest BCUT2D eigenvalue weighted by atomic mass is 16.5. The van der Waals surface area contributed by atoms with Gasteiger partial charge >= 0.3 is 0 Å². The molecule has 1 aromatic carbocycles. The van der Waals surface area contributed by atoms with Crippen molar-refractivity contribution in [3.05, 3.63) is 23.8 Å². The maximum Gasteiger partial charge on any atom is 0.232 e. The van der Waals surface area contributed by atoms with Crippen LogP contribution in [0, 0.1) is 5.41 Å². The first-order chi connectivity index (χ1) is 8.93. The Hall–Kier alpha value is -1.55. The summed E-state index contributed by atoms with van der Waals surface area (Å²) in [5, 5.41) is 0. The van der Waals surface area contributed by atoms with E-state index < -0.39 is 5.41 Å². The second-order valence-electron chi connectivity index (χ2n) is 5.90. The summed E-state index contributed by atoms with van der Waals surface area (Å²) in [6.07, 6.45) is 0.810. The molecule has 2 N–H and O–H groups in total. The van der Waals surface area contributed by atoms with E-state index in [2.05, 4.69) is 0 Å². The van der Waals surface area contributed by atoms with Gasteiger partial charge < -0.3 is 15.4 Å². The van der Waals surface area contributed by atoms with Gasteiger partial charge in [0.25, 0.3) is 0 Å². The fourth-order valence-corrected chi connectivity index (χ4v) is 2.20. The first kappa shape index (κ1) is 13.9. The lowest BCUT2D eigenvalue weighted by Crippen LogP contribution is -2.44. The van der Waals surface area contributed by atoms with Gasteiger partial charge in [-0.3, -0.25) is 4.79 Å². The van der Waals surface area contributed by atoms with Crippen LogP contribution in [0.4, 0.5) is 5.69 Å². The molecule has 1 amide bonds. The molecule has 0 fully saturated rings. The fraction of sp³-hybridized carbons (Fsp3) is 0.533. The quantitative estimate of drug-likeness (QED) is 0.886. The molecule has 0 radical (unpaired) electrons. The largest absolute Gasteiger partial charge is 0.490 e. The molecule has 0 bridgehead atoms. The lowest BCUT2D eigenvalue weighted by atomic mass is 9.94. The number of rotatable bonds is 2. The first-order valence-electron chi connectivity index (χ1n) is 6.71. The Balaban J connectivity index is 2.36. The predicted octanol–water partition coefficient (Wildman–Crippen LogP) is 1.96. The number of anilines is 1. The Morgan fingerprint density at radius 1 is 1.42 bits per heavy atom. The first-order valence-corrected chi connectivity index (χ1v) is 6.71. The Kier molecular flexibility index (Phi) is 3.80. The fourth-order valence-electron chi connectivity index (χ4n) is 2.20. The van der Waals surface area contributed by atoms with Crippen LogP contribution in [0.1, 0.15) is 26.3 Å². The zero-order chi connectivity index (χ0) is 14.0. The van der Waals surface area contributed by atoms with Gasteiger partial charge in [-0.2, -0.15) is 0 Å². The third-order valence-electron chi connectivity index (χ3n) is 3.21. The van der Waals surface area contributed by atoms with Gasteiger partial charge in [0.15, 0.2) is 0 Å². The Bertz CT molecular complexity index is 478. The smallest absolute Gasteiger partial charge is 0.232 e. The van der Waals surface area contributed by atoms with Gasteiger partial charge in [-0.05, 0) is 30.7 Å². The van der Waals surface area contributed by atoms with Gasteiger partial charge in [0.05, 0.1) is 12.2 Å². The third kappa shape index (κ3) is 2.89. The Morgan fingerprint density at radius 3 is 2.79 bits per heavy atom. The number of carbonyl (C=O) groups excluding carboxylic acids is 1. The van der Waals surface area contributed by atoms with Crippen LogP contribution in [0.3, 0.4) is 0 Å². The van der Waals surface area contributed by atoms with E-state index in [9.17, 15) is 4.79 Å². The number of nitrogens with zero attached hydrogens (tertiary/aromatic N) is 1. The van der Waals surface area contributed by atoms with E-state index in [0.717, 1.165) is 23.4 Å². The zero-order valence-electron chi connectivity index (χ0n) is 11.9. The summed E-state index contributed by atoms with van der Waals surface area (Å²) in [4.78, 5) is 14.3. The van der Waals surface area contributed by atoms with E-state index in [4.69, 9.17) is 10.5 Å². The predicted molar refractivity (Wildman–Crippen MR) is 76.5 cm³/mol. The number of amides is 1.